The number of ether oxygens (including phenoxy) is 1. The lowest BCUT2D eigenvalue weighted by Crippen LogP contribution is -2.66. The minimum atomic E-state index is -0.692. The first-order chi connectivity index (χ1) is 18.7. The van der Waals surface area contributed by atoms with Crippen LogP contribution in [-0.2, 0) is 19.1 Å². The van der Waals surface area contributed by atoms with Crippen LogP contribution in [-0.4, -0.2) is 29.3 Å². The molecule has 5 aliphatic carbocycles. The van der Waals surface area contributed by atoms with Gasteiger partial charge in [-0.25, -0.2) is 0 Å². The number of fused-ring (bicyclic) bond motifs is 7. The zero-order valence-corrected chi connectivity index (χ0v) is 27.9. The summed E-state index contributed by atoms with van der Waals surface area (Å²) in [4.78, 5) is 39.9. The standard InChI is InChI=1S/C36H57NO4/c1-21(2)28-24(39)20-36(30(40)37-31(4,5)6)19-18-34(10)23(29(28)36)12-13-26-33(9)16-15-27(41-22(3)38)32(7,8)25(33)14-17-35(26,34)11/h21,23,25-27H,12-20H2,1-11H3,(H,37,40)/t23?,25?,26?,27-,33-,34+,35+,36+/m0/s1. The molecule has 5 nitrogen and oxygen atoms in total. The summed E-state index contributed by atoms with van der Waals surface area (Å²) in [6.07, 6.45) is 8.59. The van der Waals surface area contributed by atoms with Crippen LogP contribution in [0.2, 0.25) is 0 Å². The number of esters is 1. The lowest BCUT2D eigenvalue weighted by atomic mass is 9.33. The van der Waals surface area contributed by atoms with E-state index in [1.54, 1.807) is 6.92 Å². The Morgan fingerprint density at radius 3 is 2.12 bits per heavy atom. The third-order valence-electron chi connectivity index (χ3n) is 13.6. The molecule has 8 atom stereocenters. The topological polar surface area (TPSA) is 72.5 Å². The summed E-state index contributed by atoms with van der Waals surface area (Å²) in [6, 6.07) is 0. The van der Waals surface area contributed by atoms with Crippen molar-refractivity contribution in [3.05, 3.63) is 11.1 Å². The van der Waals surface area contributed by atoms with E-state index in [2.05, 4.69) is 53.8 Å². The molecule has 0 radical (unpaired) electrons. The molecule has 0 aromatic heterocycles. The van der Waals surface area contributed by atoms with E-state index in [0.29, 0.717) is 18.3 Å². The van der Waals surface area contributed by atoms with Gasteiger partial charge in [0.1, 0.15) is 6.10 Å². The summed E-state index contributed by atoms with van der Waals surface area (Å²) < 4.78 is 5.91. The average Bonchev–Trinajstić information content (AvgIpc) is 3.13. The molecule has 3 unspecified atom stereocenters. The lowest BCUT2D eigenvalue weighted by Gasteiger charge is -2.72. The van der Waals surface area contributed by atoms with Crippen molar-refractivity contribution in [1.29, 1.82) is 0 Å². The van der Waals surface area contributed by atoms with Gasteiger partial charge in [-0.15, -0.1) is 0 Å². The van der Waals surface area contributed by atoms with Crippen LogP contribution in [0.15, 0.2) is 11.1 Å². The van der Waals surface area contributed by atoms with Crippen molar-refractivity contribution in [1.82, 2.24) is 5.32 Å². The van der Waals surface area contributed by atoms with Gasteiger partial charge in [0.25, 0.3) is 0 Å². The fraction of sp³-hybridized carbons (Fsp3) is 0.861. The zero-order valence-electron chi connectivity index (χ0n) is 27.9. The Balaban J connectivity index is 1.56. The second-order valence-electron chi connectivity index (χ2n) is 17.4. The molecule has 5 heteroatoms. The third kappa shape index (κ3) is 4.24. The molecule has 1 N–H and O–H groups in total. The van der Waals surface area contributed by atoms with Crippen LogP contribution in [0.1, 0.15) is 134 Å². The molecule has 0 aromatic rings. The Morgan fingerprint density at radius 1 is 0.878 bits per heavy atom. The highest BCUT2D eigenvalue weighted by atomic mass is 16.5. The molecule has 41 heavy (non-hydrogen) atoms. The number of allylic oxidation sites excluding steroid dienone is 1. The SMILES string of the molecule is CC(=O)O[C@H]1CC[C@@]2(C)C(CC[C@]3(C)C2CCC2C4=C(C(C)C)C(=O)C[C@]4(C(=O)NC(C)(C)C)CC[C@]23C)C1(C)C. The maximum absolute atomic E-state index is 14.2. The van der Waals surface area contributed by atoms with E-state index in [1.165, 1.54) is 5.57 Å². The van der Waals surface area contributed by atoms with Crippen molar-refractivity contribution in [2.45, 2.75) is 146 Å². The maximum atomic E-state index is 14.2. The normalized spacial score (nSPS) is 43.6. The van der Waals surface area contributed by atoms with Crippen LogP contribution in [0.4, 0.5) is 0 Å². The van der Waals surface area contributed by atoms with Gasteiger partial charge in [0.2, 0.25) is 5.91 Å². The molecule has 0 aliphatic heterocycles. The number of amides is 1. The highest BCUT2D eigenvalue weighted by Crippen LogP contribution is 2.76. The Morgan fingerprint density at radius 2 is 1.54 bits per heavy atom. The molecule has 0 spiro atoms. The Labute approximate surface area is 249 Å². The fourth-order valence-corrected chi connectivity index (χ4v) is 11.7. The first-order valence-corrected chi connectivity index (χ1v) is 16.5. The van der Waals surface area contributed by atoms with Gasteiger partial charge < -0.3 is 10.1 Å². The predicted molar refractivity (Wildman–Crippen MR) is 163 cm³/mol. The van der Waals surface area contributed by atoms with E-state index in [1.807, 2.05) is 20.8 Å². The number of Topliss-reactive ketones (excluding diaryl/α,β-unsaturated/α-hetero) is 1. The van der Waals surface area contributed by atoms with Gasteiger partial charge in [0.05, 0.1) is 5.41 Å². The van der Waals surface area contributed by atoms with Crippen LogP contribution >= 0.6 is 0 Å². The minimum absolute atomic E-state index is 0.0192. The van der Waals surface area contributed by atoms with Crippen LogP contribution in [0, 0.1) is 50.7 Å². The number of ketones is 1. The average molecular weight is 568 g/mol. The monoisotopic (exact) mass is 567 g/mol. The molecular weight excluding hydrogens is 510 g/mol. The van der Waals surface area contributed by atoms with Crippen molar-refractivity contribution in [2.24, 2.45) is 50.7 Å². The van der Waals surface area contributed by atoms with Gasteiger partial charge in [0.15, 0.2) is 5.78 Å². The molecule has 0 heterocycles. The summed E-state index contributed by atoms with van der Waals surface area (Å²) in [5.41, 5.74) is 1.44. The number of hydrogen-bond donors (Lipinski definition) is 1. The van der Waals surface area contributed by atoms with Crippen molar-refractivity contribution in [3.63, 3.8) is 0 Å². The predicted octanol–water partition coefficient (Wildman–Crippen LogP) is 7.81. The summed E-state index contributed by atoms with van der Waals surface area (Å²) in [5.74, 6) is 1.57. The summed E-state index contributed by atoms with van der Waals surface area (Å²) in [6.45, 7) is 24.3. The number of rotatable bonds is 3. The van der Waals surface area contributed by atoms with E-state index in [0.717, 1.165) is 56.9 Å². The van der Waals surface area contributed by atoms with Crippen molar-refractivity contribution in [2.75, 3.05) is 0 Å². The lowest BCUT2D eigenvalue weighted by molar-refractivity contribution is -0.232. The molecule has 0 bridgehead atoms. The van der Waals surface area contributed by atoms with Gasteiger partial charge in [-0.05, 0) is 123 Å². The van der Waals surface area contributed by atoms with Crippen LogP contribution in [0.25, 0.3) is 0 Å². The van der Waals surface area contributed by atoms with Gasteiger partial charge in [-0.2, -0.15) is 0 Å². The van der Waals surface area contributed by atoms with E-state index in [9.17, 15) is 14.4 Å². The van der Waals surface area contributed by atoms with Gasteiger partial charge in [-0.3, -0.25) is 14.4 Å². The van der Waals surface area contributed by atoms with Crippen LogP contribution in [0.3, 0.4) is 0 Å². The van der Waals surface area contributed by atoms with Gasteiger partial charge in [0, 0.05) is 24.3 Å². The maximum Gasteiger partial charge on any atom is 0.302 e. The molecule has 4 fully saturated rings. The van der Waals surface area contributed by atoms with Gasteiger partial charge in [-0.1, -0.05) is 48.5 Å². The van der Waals surface area contributed by atoms with E-state index >= 15 is 0 Å². The second-order valence-corrected chi connectivity index (χ2v) is 17.4. The number of carbonyl (C=O) groups excluding carboxylic acids is 3. The van der Waals surface area contributed by atoms with E-state index in [4.69, 9.17) is 4.74 Å². The van der Waals surface area contributed by atoms with Gasteiger partial charge >= 0.3 is 5.97 Å². The number of nitrogens with one attached hydrogen (secondary N) is 1. The molecule has 0 aromatic carbocycles. The second kappa shape index (κ2) is 9.42. The van der Waals surface area contributed by atoms with Crippen molar-refractivity contribution in [3.8, 4) is 0 Å². The van der Waals surface area contributed by atoms with Crippen LogP contribution in [0.5, 0.6) is 0 Å². The molecule has 5 rings (SSSR count). The molecule has 0 saturated heterocycles. The first kappa shape index (κ1) is 30.8. The first-order valence-electron chi connectivity index (χ1n) is 16.5. The number of carbonyl (C=O) groups is 3. The molecule has 4 saturated carbocycles. The molecule has 230 valence electrons. The zero-order chi connectivity index (χ0) is 30.6. The summed E-state index contributed by atoms with van der Waals surface area (Å²) in [5, 5.41) is 3.31. The van der Waals surface area contributed by atoms with E-state index in [-0.39, 0.29) is 62.8 Å². The quantitative estimate of drug-likeness (QED) is 0.353. The molecule has 5 aliphatic rings. The minimum Gasteiger partial charge on any atom is -0.462 e. The third-order valence-corrected chi connectivity index (χ3v) is 13.6. The largest absolute Gasteiger partial charge is 0.462 e. The van der Waals surface area contributed by atoms with E-state index < -0.39 is 5.41 Å². The summed E-state index contributed by atoms with van der Waals surface area (Å²) in [7, 11) is 0. The summed E-state index contributed by atoms with van der Waals surface area (Å²) >= 11 is 0. The fourth-order valence-electron chi connectivity index (χ4n) is 11.7. The Hall–Kier alpha value is -1.65. The molecular formula is C36H57NO4. The number of hydrogen-bond acceptors (Lipinski definition) is 4. The highest BCUT2D eigenvalue weighted by Gasteiger charge is 2.71. The smallest absolute Gasteiger partial charge is 0.302 e. The van der Waals surface area contributed by atoms with Crippen molar-refractivity contribution >= 4 is 17.7 Å². The Kier molecular flexibility index (Phi) is 7.08. The highest BCUT2D eigenvalue weighted by molar-refractivity contribution is 6.07. The van der Waals surface area contributed by atoms with Crippen LogP contribution < -0.4 is 5.32 Å². The van der Waals surface area contributed by atoms with Crippen molar-refractivity contribution < 1.29 is 19.1 Å². The molecule has 1 amide bonds. The Bertz CT molecular complexity index is 1170.